The zero-order valence-corrected chi connectivity index (χ0v) is 10.2. The van der Waals surface area contributed by atoms with Crippen molar-refractivity contribution in [3.63, 3.8) is 0 Å². The minimum Gasteiger partial charge on any atom is -0.265 e. The highest BCUT2D eigenvalue weighted by molar-refractivity contribution is 5.17. The van der Waals surface area contributed by atoms with Gasteiger partial charge in [-0.15, -0.1) is 0 Å². The van der Waals surface area contributed by atoms with Crippen LogP contribution in [0.15, 0.2) is 0 Å². The van der Waals surface area contributed by atoms with E-state index in [0.29, 0.717) is 0 Å². The molecule has 0 aromatic carbocycles. The van der Waals surface area contributed by atoms with E-state index in [4.69, 9.17) is 0 Å². The molecule has 1 fully saturated rings. The summed E-state index contributed by atoms with van der Waals surface area (Å²) in [7, 11) is 0. The number of alkyl halides is 15. The first-order valence-electron chi connectivity index (χ1n) is 5.09. The SMILES string of the molecule is FC(F)C(F)(F)C(F)(F)C(F)(F)C(F)(F)C(F)(F)[C@@]1(F)OC1(F)F. The molecular formula is C8HF15O. The summed E-state index contributed by atoms with van der Waals surface area (Å²) in [6, 6.07) is 0. The van der Waals surface area contributed by atoms with Gasteiger partial charge >= 0.3 is 48.0 Å². The van der Waals surface area contributed by atoms with Crippen LogP contribution in [-0.4, -0.2) is 48.0 Å². The van der Waals surface area contributed by atoms with Gasteiger partial charge in [-0.1, -0.05) is 0 Å². The second-order valence-corrected chi connectivity index (χ2v) is 4.44. The maximum Gasteiger partial charge on any atom is 0.424 e. The van der Waals surface area contributed by atoms with E-state index in [0.717, 1.165) is 0 Å². The summed E-state index contributed by atoms with van der Waals surface area (Å²) in [4.78, 5) is 0. The molecule has 0 bridgehead atoms. The molecule has 0 aliphatic carbocycles. The average molecular weight is 398 g/mol. The Morgan fingerprint density at radius 2 is 0.958 bits per heavy atom. The fourth-order valence-corrected chi connectivity index (χ4v) is 1.34. The van der Waals surface area contributed by atoms with Crippen LogP contribution >= 0.6 is 0 Å². The molecule has 1 rings (SSSR count). The van der Waals surface area contributed by atoms with Gasteiger partial charge in [-0.2, -0.15) is 57.1 Å². The Labute approximate surface area is 120 Å². The van der Waals surface area contributed by atoms with Gasteiger partial charge in [0, 0.05) is 0 Å². The predicted octanol–water partition coefficient (Wildman–Crippen LogP) is 4.72. The Morgan fingerprint density at radius 1 is 0.625 bits per heavy atom. The third-order valence-electron chi connectivity index (χ3n) is 2.88. The van der Waals surface area contributed by atoms with Gasteiger partial charge in [-0.3, -0.25) is 4.74 Å². The van der Waals surface area contributed by atoms with Crippen LogP contribution in [0.25, 0.3) is 0 Å². The molecule has 0 unspecified atom stereocenters. The number of ether oxygens (including phenoxy) is 1. The first-order valence-corrected chi connectivity index (χ1v) is 5.09. The molecule has 0 aromatic heterocycles. The molecule has 0 radical (unpaired) electrons. The molecular weight excluding hydrogens is 397 g/mol. The van der Waals surface area contributed by atoms with Crippen LogP contribution in [0.5, 0.6) is 0 Å². The molecule has 0 amide bonds. The lowest BCUT2D eigenvalue weighted by Gasteiger charge is -2.39. The monoisotopic (exact) mass is 398 g/mol. The van der Waals surface area contributed by atoms with E-state index in [2.05, 4.69) is 4.74 Å². The van der Waals surface area contributed by atoms with Crippen LogP contribution in [0.1, 0.15) is 0 Å². The van der Waals surface area contributed by atoms with Crippen molar-refractivity contribution in [2.75, 3.05) is 0 Å². The summed E-state index contributed by atoms with van der Waals surface area (Å²) in [5.74, 6) is -45.0. The lowest BCUT2D eigenvalue weighted by molar-refractivity contribution is -0.424. The molecule has 0 aromatic rings. The van der Waals surface area contributed by atoms with Gasteiger partial charge < -0.3 is 0 Å². The van der Waals surface area contributed by atoms with Crippen molar-refractivity contribution in [3.05, 3.63) is 0 Å². The quantitative estimate of drug-likeness (QED) is 0.466. The van der Waals surface area contributed by atoms with Crippen LogP contribution < -0.4 is 0 Å². The van der Waals surface area contributed by atoms with Gasteiger partial charge in [0.1, 0.15) is 0 Å². The van der Waals surface area contributed by atoms with Crippen molar-refractivity contribution >= 4 is 0 Å². The third-order valence-corrected chi connectivity index (χ3v) is 2.88. The van der Waals surface area contributed by atoms with Crippen molar-refractivity contribution in [1.82, 2.24) is 0 Å². The highest BCUT2D eigenvalue weighted by Gasteiger charge is 2.99. The number of hydrogen-bond acceptors (Lipinski definition) is 1. The minimum atomic E-state index is -8.09. The van der Waals surface area contributed by atoms with Crippen LogP contribution in [-0.2, 0) is 4.74 Å². The molecule has 1 aliphatic rings. The molecule has 24 heavy (non-hydrogen) atoms. The Balaban J connectivity index is 3.45. The van der Waals surface area contributed by atoms with Crippen LogP contribution in [0.4, 0.5) is 65.9 Å². The van der Waals surface area contributed by atoms with Crippen molar-refractivity contribution in [2.24, 2.45) is 0 Å². The van der Waals surface area contributed by atoms with Gasteiger partial charge in [-0.25, -0.2) is 8.78 Å². The highest BCUT2D eigenvalue weighted by atomic mass is 19.4. The van der Waals surface area contributed by atoms with E-state index in [1.165, 1.54) is 0 Å². The summed E-state index contributed by atoms with van der Waals surface area (Å²) >= 11 is 0. The highest BCUT2D eigenvalue weighted by Crippen LogP contribution is 2.68. The number of halogens is 15. The van der Waals surface area contributed by atoms with E-state index in [1.807, 2.05) is 0 Å². The predicted molar refractivity (Wildman–Crippen MR) is 40.6 cm³/mol. The van der Waals surface area contributed by atoms with Crippen LogP contribution in [0, 0.1) is 0 Å². The van der Waals surface area contributed by atoms with Gasteiger partial charge in [0.15, 0.2) is 0 Å². The molecule has 1 atom stereocenters. The summed E-state index contributed by atoms with van der Waals surface area (Å²) in [5.41, 5.74) is 0. The fraction of sp³-hybridized carbons (Fsp3) is 1.00. The molecule has 0 N–H and O–H groups in total. The van der Waals surface area contributed by atoms with Crippen LogP contribution in [0.2, 0.25) is 0 Å². The molecule has 0 saturated carbocycles. The standard InChI is InChI=1S/C8HF15O/c9-1(10)2(11,12)3(13,14)4(15,16)5(17,18)6(19,20)7(21)8(22,23)24-7/h1H/t7-/m1/s1. The van der Waals surface area contributed by atoms with Crippen LogP contribution in [0.3, 0.4) is 0 Å². The van der Waals surface area contributed by atoms with Gasteiger partial charge in [0.2, 0.25) is 0 Å². The Hall–Kier alpha value is -1.09. The Morgan fingerprint density at radius 3 is 1.21 bits per heavy atom. The largest absolute Gasteiger partial charge is 0.424 e. The van der Waals surface area contributed by atoms with E-state index in [9.17, 15) is 65.9 Å². The molecule has 1 heterocycles. The maximum atomic E-state index is 12.9. The van der Waals surface area contributed by atoms with Gasteiger partial charge in [-0.05, 0) is 0 Å². The topological polar surface area (TPSA) is 12.5 Å². The summed E-state index contributed by atoms with van der Waals surface area (Å²) < 4.78 is 190. The number of hydrogen-bond donors (Lipinski definition) is 0. The van der Waals surface area contributed by atoms with E-state index in [1.54, 1.807) is 0 Å². The molecule has 0 spiro atoms. The van der Waals surface area contributed by atoms with Crippen molar-refractivity contribution < 1.29 is 70.6 Å². The second kappa shape index (κ2) is 4.75. The minimum absolute atomic E-state index is 2.14. The van der Waals surface area contributed by atoms with E-state index in [-0.39, 0.29) is 0 Å². The zero-order valence-electron chi connectivity index (χ0n) is 10.2. The molecule has 16 heteroatoms. The normalized spacial score (nSPS) is 26.0. The number of epoxide rings is 1. The number of rotatable bonds is 6. The zero-order chi connectivity index (χ0) is 19.8. The summed E-state index contributed by atoms with van der Waals surface area (Å²) in [5, 5.41) is 0. The van der Waals surface area contributed by atoms with E-state index < -0.39 is 48.0 Å². The first-order chi connectivity index (χ1) is 10.2. The second-order valence-electron chi connectivity index (χ2n) is 4.44. The molecule has 144 valence electrons. The molecule has 1 saturated heterocycles. The average Bonchev–Trinajstić information content (AvgIpc) is 2.89. The lowest BCUT2D eigenvalue weighted by Crippen LogP contribution is -2.71. The van der Waals surface area contributed by atoms with Gasteiger partial charge in [0.05, 0.1) is 0 Å². The lowest BCUT2D eigenvalue weighted by atomic mass is 9.92. The fourth-order valence-electron chi connectivity index (χ4n) is 1.34. The van der Waals surface area contributed by atoms with Crippen molar-refractivity contribution in [3.8, 4) is 0 Å². The van der Waals surface area contributed by atoms with Crippen molar-refractivity contribution in [1.29, 1.82) is 0 Å². The Kier molecular flexibility index (Phi) is 4.15. The molecule has 1 aliphatic heterocycles. The molecule has 1 nitrogen and oxygen atoms in total. The smallest absolute Gasteiger partial charge is 0.265 e. The summed E-state index contributed by atoms with van der Waals surface area (Å²) in [6.07, 6.45) is -11.6. The third kappa shape index (κ3) is 2.09. The summed E-state index contributed by atoms with van der Waals surface area (Å²) in [6.45, 7) is 0. The van der Waals surface area contributed by atoms with Crippen molar-refractivity contribution in [2.45, 2.75) is 48.0 Å². The van der Waals surface area contributed by atoms with Gasteiger partial charge in [0.25, 0.3) is 0 Å². The maximum absolute atomic E-state index is 12.9. The van der Waals surface area contributed by atoms with E-state index >= 15 is 0 Å². The first kappa shape index (κ1) is 21.0. The Bertz CT molecular complexity index is 483.